The van der Waals surface area contributed by atoms with Gasteiger partial charge in [0.25, 0.3) is 5.91 Å². The topological polar surface area (TPSA) is 82.2 Å². The highest BCUT2D eigenvalue weighted by molar-refractivity contribution is 5.97. The molecule has 1 atom stereocenters. The molecule has 3 heterocycles. The van der Waals surface area contributed by atoms with Crippen molar-refractivity contribution in [2.75, 3.05) is 19.6 Å². The maximum atomic E-state index is 13.4. The average Bonchev–Trinajstić information content (AvgIpc) is 3.33. The molecule has 0 unspecified atom stereocenters. The van der Waals surface area contributed by atoms with Crippen LogP contribution in [0.1, 0.15) is 41.5 Å². The van der Waals surface area contributed by atoms with E-state index in [2.05, 4.69) is 27.8 Å². The van der Waals surface area contributed by atoms with E-state index in [9.17, 15) is 9.59 Å². The number of aromatic nitrogens is 3. The maximum Gasteiger partial charge on any atom is 0.275 e. The van der Waals surface area contributed by atoms with E-state index < -0.39 is 6.04 Å². The zero-order chi connectivity index (χ0) is 23.4. The summed E-state index contributed by atoms with van der Waals surface area (Å²) in [6, 6.07) is 13.1. The van der Waals surface area contributed by atoms with Crippen LogP contribution in [0.15, 0.2) is 67.5 Å². The summed E-state index contributed by atoms with van der Waals surface area (Å²) in [5.74, 6) is -0.0600. The summed E-state index contributed by atoms with van der Waals surface area (Å²) in [6.07, 6.45) is 5.70. The molecule has 1 fully saturated rings. The first-order chi connectivity index (χ1) is 16.0. The smallest absolute Gasteiger partial charge is 0.275 e. The average molecular weight is 444 g/mol. The summed E-state index contributed by atoms with van der Waals surface area (Å²) in [5.41, 5.74) is 4.26. The summed E-state index contributed by atoms with van der Waals surface area (Å²) in [5, 5.41) is 7.17. The number of amides is 2. The van der Waals surface area contributed by atoms with Gasteiger partial charge in [-0.25, -0.2) is 0 Å². The van der Waals surface area contributed by atoms with E-state index in [-0.39, 0.29) is 17.7 Å². The lowest BCUT2D eigenvalue weighted by molar-refractivity contribution is -0.139. The number of piperazine rings is 1. The molecule has 1 aliphatic heterocycles. The minimum Gasteiger partial charge on any atom is -0.335 e. The third kappa shape index (κ3) is 4.87. The molecule has 0 radical (unpaired) electrons. The second-order valence-electron chi connectivity index (χ2n) is 8.60. The Morgan fingerprint density at radius 2 is 2.03 bits per heavy atom. The Hall–Kier alpha value is -3.74. The van der Waals surface area contributed by atoms with Gasteiger partial charge in [-0.2, -0.15) is 5.10 Å². The first kappa shape index (κ1) is 22.5. The number of pyridine rings is 1. The molecule has 0 saturated carbocycles. The number of hydrogen-bond acceptors (Lipinski definition) is 4. The molecule has 0 bridgehead atoms. The Kier molecular flexibility index (Phi) is 6.68. The van der Waals surface area contributed by atoms with Crippen LogP contribution >= 0.6 is 0 Å². The number of benzene rings is 1. The SMILES string of the molecule is C=CCN1CCN(C(=O)c2cc(C(C)C)[nH]n2)[C@H](Cc2cccc(-c3cccnc3)c2)C1=O. The fourth-order valence-corrected chi connectivity index (χ4v) is 4.14. The summed E-state index contributed by atoms with van der Waals surface area (Å²) >= 11 is 0. The van der Waals surface area contributed by atoms with Gasteiger partial charge in [-0.1, -0.05) is 50.3 Å². The molecule has 1 N–H and O–H groups in total. The van der Waals surface area contributed by atoms with E-state index in [1.807, 2.05) is 50.4 Å². The van der Waals surface area contributed by atoms with Crippen molar-refractivity contribution in [3.05, 3.63) is 84.5 Å². The van der Waals surface area contributed by atoms with Crippen molar-refractivity contribution in [2.24, 2.45) is 0 Å². The van der Waals surface area contributed by atoms with Gasteiger partial charge < -0.3 is 9.80 Å². The monoisotopic (exact) mass is 443 g/mol. The highest BCUT2D eigenvalue weighted by atomic mass is 16.2. The number of carbonyl (C=O) groups is 2. The maximum absolute atomic E-state index is 13.4. The third-order valence-electron chi connectivity index (χ3n) is 5.98. The molecular weight excluding hydrogens is 414 g/mol. The first-order valence-corrected chi connectivity index (χ1v) is 11.2. The molecule has 0 aliphatic carbocycles. The number of nitrogens with one attached hydrogen (secondary N) is 1. The van der Waals surface area contributed by atoms with Crippen molar-refractivity contribution in [2.45, 2.75) is 32.2 Å². The van der Waals surface area contributed by atoms with E-state index in [0.717, 1.165) is 22.4 Å². The normalized spacial score (nSPS) is 16.3. The van der Waals surface area contributed by atoms with Crippen molar-refractivity contribution < 1.29 is 9.59 Å². The number of nitrogens with zero attached hydrogens (tertiary/aromatic N) is 4. The van der Waals surface area contributed by atoms with Crippen molar-refractivity contribution in [1.82, 2.24) is 25.0 Å². The van der Waals surface area contributed by atoms with E-state index in [1.165, 1.54) is 0 Å². The van der Waals surface area contributed by atoms with Crippen LogP contribution in [0.5, 0.6) is 0 Å². The molecule has 1 aromatic carbocycles. The third-order valence-corrected chi connectivity index (χ3v) is 5.98. The second kappa shape index (κ2) is 9.81. The van der Waals surface area contributed by atoms with E-state index in [1.54, 1.807) is 28.1 Å². The number of H-pyrrole nitrogens is 1. The van der Waals surface area contributed by atoms with Crippen LogP contribution in [0.4, 0.5) is 0 Å². The Morgan fingerprint density at radius 1 is 1.21 bits per heavy atom. The highest BCUT2D eigenvalue weighted by Gasteiger charge is 2.38. The molecule has 2 aromatic heterocycles. The van der Waals surface area contributed by atoms with Crippen LogP contribution in [0, 0.1) is 0 Å². The van der Waals surface area contributed by atoms with Crippen LogP contribution in [0.25, 0.3) is 11.1 Å². The molecule has 170 valence electrons. The molecule has 1 aliphatic rings. The van der Waals surface area contributed by atoms with E-state index >= 15 is 0 Å². The van der Waals surface area contributed by atoms with Gasteiger partial charge >= 0.3 is 0 Å². The number of aromatic amines is 1. The summed E-state index contributed by atoms with van der Waals surface area (Å²) in [4.78, 5) is 34.4. The number of carbonyl (C=O) groups excluding carboxylic acids is 2. The van der Waals surface area contributed by atoms with Crippen LogP contribution in [0.2, 0.25) is 0 Å². The number of rotatable bonds is 7. The molecule has 33 heavy (non-hydrogen) atoms. The summed E-state index contributed by atoms with van der Waals surface area (Å²) in [7, 11) is 0. The van der Waals surface area contributed by atoms with Gasteiger partial charge in [0.1, 0.15) is 11.7 Å². The van der Waals surface area contributed by atoms with Crippen LogP contribution in [-0.4, -0.2) is 62.5 Å². The van der Waals surface area contributed by atoms with Crippen LogP contribution in [-0.2, 0) is 11.2 Å². The zero-order valence-corrected chi connectivity index (χ0v) is 19.1. The fourth-order valence-electron chi connectivity index (χ4n) is 4.14. The molecule has 7 heteroatoms. The lowest BCUT2D eigenvalue weighted by Gasteiger charge is -2.40. The Balaban J connectivity index is 1.63. The predicted molar refractivity (Wildman–Crippen MR) is 128 cm³/mol. The molecule has 7 nitrogen and oxygen atoms in total. The van der Waals surface area contributed by atoms with Gasteiger partial charge in [0.05, 0.1) is 0 Å². The molecule has 0 spiro atoms. The van der Waals surface area contributed by atoms with Crippen molar-refractivity contribution in [3.63, 3.8) is 0 Å². The Bertz CT molecular complexity index is 1140. The number of hydrogen-bond donors (Lipinski definition) is 1. The van der Waals surface area contributed by atoms with Crippen molar-refractivity contribution in [3.8, 4) is 11.1 Å². The van der Waals surface area contributed by atoms with Gasteiger partial charge in [-0.05, 0) is 34.7 Å². The van der Waals surface area contributed by atoms with Crippen molar-refractivity contribution >= 4 is 11.8 Å². The van der Waals surface area contributed by atoms with Gasteiger partial charge in [-0.3, -0.25) is 19.7 Å². The lowest BCUT2D eigenvalue weighted by atomic mass is 9.97. The Morgan fingerprint density at radius 3 is 2.73 bits per heavy atom. The first-order valence-electron chi connectivity index (χ1n) is 11.2. The highest BCUT2D eigenvalue weighted by Crippen LogP contribution is 2.24. The molecule has 3 aromatic rings. The summed E-state index contributed by atoms with van der Waals surface area (Å²) < 4.78 is 0. The second-order valence-corrected chi connectivity index (χ2v) is 8.60. The minimum absolute atomic E-state index is 0.0686. The van der Waals surface area contributed by atoms with Gasteiger partial charge in [0.15, 0.2) is 0 Å². The van der Waals surface area contributed by atoms with E-state index in [0.29, 0.717) is 31.7 Å². The quantitative estimate of drug-likeness (QED) is 0.565. The van der Waals surface area contributed by atoms with Crippen molar-refractivity contribution in [1.29, 1.82) is 0 Å². The molecule has 2 amide bonds. The van der Waals surface area contributed by atoms with Gasteiger partial charge in [0.2, 0.25) is 5.91 Å². The van der Waals surface area contributed by atoms with Crippen LogP contribution in [0.3, 0.4) is 0 Å². The van der Waals surface area contributed by atoms with Gasteiger partial charge in [0, 0.05) is 44.1 Å². The standard InChI is InChI=1S/C26H29N5O2/c1-4-11-30-12-13-31(25(32)23-16-22(18(2)3)28-29-23)24(26(30)33)15-19-7-5-8-20(14-19)21-9-6-10-27-17-21/h4-10,14,16-18,24H,1,11-13,15H2,2-3H3,(H,28,29)/t24-/m1/s1. The fraction of sp³-hybridized carbons (Fsp3) is 0.308. The summed E-state index contributed by atoms with van der Waals surface area (Å²) in [6.45, 7) is 9.24. The minimum atomic E-state index is -0.602. The largest absolute Gasteiger partial charge is 0.335 e. The van der Waals surface area contributed by atoms with E-state index in [4.69, 9.17) is 0 Å². The molecular formula is C26H29N5O2. The molecule has 1 saturated heterocycles. The van der Waals surface area contributed by atoms with Gasteiger partial charge in [-0.15, -0.1) is 6.58 Å². The molecule has 4 rings (SSSR count). The Labute approximate surface area is 194 Å². The predicted octanol–water partition coefficient (Wildman–Crippen LogP) is 3.68. The van der Waals surface area contributed by atoms with Crippen LogP contribution < -0.4 is 0 Å². The lowest BCUT2D eigenvalue weighted by Crippen LogP contribution is -2.59. The zero-order valence-electron chi connectivity index (χ0n) is 19.1.